The zero-order valence-electron chi connectivity index (χ0n) is 23.4. The molecular formula is C31H38N4O5. The third-order valence-electron chi connectivity index (χ3n) is 6.59. The molecule has 0 aliphatic heterocycles. The van der Waals surface area contributed by atoms with E-state index in [1.54, 1.807) is 26.0 Å². The van der Waals surface area contributed by atoms with Crippen LogP contribution in [0.2, 0.25) is 0 Å². The quantitative estimate of drug-likeness (QED) is 0.261. The zero-order valence-corrected chi connectivity index (χ0v) is 23.4. The second-order valence-corrected chi connectivity index (χ2v) is 10.5. The molecule has 3 aromatic rings. The Morgan fingerprint density at radius 3 is 2.10 bits per heavy atom. The van der Waals surface area contributed by atoms with Gasteiger partial charge in [-0.15, -0.1) is 0 Å². The minimum Gasteiger partial charge on any atom is -0.481 e. The highest BCUT2D eigenvalue weighted by Gasteiger charge is 2.28. The monoisotopic (exact) mass is 546 g/mol. The van der Waals surface area contributed by atoms with Crippen LogP contribution in [-0.4, -0.2) is 65.4 Å². The topological polar surface area (TPSA) is 128 Å². The van der Waals surface area contributed by atoms with Gasteiger partial charge in [0.15, 0.2) is 0 Å². The molecule has 4 N–H and O–H groups in total. The molecule has 9 heteroatoms. The average molecular weight is 547 g/mol. The van der Waals surface area contributed by atoms with E-state index in [0.717, 1.165) is 16.3 Å². The van der Waals surface area contributed by atoms with Crippen LogP contribution in [0.1, 0.15) is 43.1 Å². The minimum atomic E-state index is -1.04. The Labute approximate surface area is 234 Å². The summed E-state index contributed by atoms with van der Waals surface area (Å²) >= 11 is 0. The second-order valence-electron chi connectivity index (χ2n) is 10.5. The lowest BCUT2D eigenvalue weighted by Gasteiger charge is -2.27. The van der Waals surface area contributed by atoms with E-state index < -0.39 is 35.9 Å². The summed E-state index contributed by atoms with van der Waals surface area (Å²) in [6, 6.07) is 20.3. The Morgan fingerprint density at radius 2 is 1.45 bits per heavy atom. The van der Waals surface area contributed by atoms with Gasteiger partial charge >= 0.3 is 5.97 Å². The van der Waals surface area contributed by atoms with E-state index in [-0.39, 0.29) is 18.2 Å². The van der Waals surface area contributed by atoms with Crippen molar-refractivity contribution in [1.82, 2.24) is 20.9 Å². The lowest BCUT2D eigenvalue weighted by molar-refractivity contribution is -0.138. The Morgan fingerprint density at radius 1 is 0.800 bits per heavy atom. The molecule has 40 heavy (non-hydrogen) atoms. The normalized spacial score (nSPS) is 13.4. The molecule has 212 valence electrons. The summed E-state index contributed by atoms with van der Waals surface area (Å²) in [6.45, 7) is 6.04. The van der Waals surface area contributed by atoms with E-state index in [0.29, 0.717) is 18.7 Å². The Kier molecular flexibility index (Phi) is 10.8. The number of carboxylic acids is 1. The fourth-order valence-corrected chi connectivity index (χ4v) is 4.49. The number of hydrogen-bond donors (Lipinski definition) is 4. The number of carbonyl (C=O) groups is 4. The smallest absolute Gasteiger partial charge is 0.305 e. The van der Waals surface area contributed by atoms with Gasteiger partial charge in [0.25, 0.3) is 5.91 Å². The number of fused-ring (bicyclic) bond motifs is 1. The first-order valence-electron chi connectivity index (χ1n) is 13.4. The third kappa shape index (κ3) is 8.91. The molecule has 0 heterocycles. The van der Waals surface area contributed by atoms with Crippen molar-refractivity contribution in [1.29, 1.82) is 0 Å². The van der Waals surface area contributed by atoms with E-state index in [1.165, 1.54) is 6.92 Å². The van der Waals surface area contributed by atoms with Crippen LogP contribution < -0.4 is 16.0 Å². The number of hydrogen-bond acceptors (Lipinski definition) is 5. The Bertz CT molecular complexity index is 1330. The van der Waals surface area contributed by atoms with Crippen LogP contribution in [0.4, 0.5) is 0 Å². The van der Waals surface area contributed by atoms with E-state index in [1.807, 2.05) is 72.6 Å². The molecule has 3 atom stereocenters. The molecule has 0 aromatic heterocycles. The first-order valence-corrected chi connectivity index (χ1v) is 13.4. The Hall–Kier alpha value is -4.24. The SMILES string of the molecule is CC(C)[C@H](NC(=O)c1ccc2ccccc2c1)C(=O)N[C@@H](C)C(=O)N[C@@H](CC(=O)O)CN(C)Cc1ccccc1. The molecule has 0 aliphatic carbocycles. The molecule has 0 radical (unpaired) electrons. The van der Waals surface area contributed by atoms with Crippen LogP contribution in [0.15, 0.2) is 72.8 Å². The van der Waals surface area contributed by atoms with Crippen LogP contribution in [0.5, 0.6) is 0 Å². The number of benzene rings is 3. The van der Waals surface area contributed by atoms with Gasteiger partial charge in [-0.1, -0.05) is 74.5 Å². The van der Waals surface area contributed by atoms with Gasteiger partial charge in [0, 0.05) is 18.7 Å². The number of amides is 3. The molecule has 3 rings (SSSR count). The minimum absolute atomic E-state index is 0.244. The van der Waals surface area contributed by atoms with E-state index in [9.17, 15) is 24.3 Å². The molecule has 9 nitrogen and oxygen atoms in total. The first kappa shape index (κ1) is 30.3. The van der Waals surface area contributed by atoms with Crippen molar-refractivity contribution < 1.29 is 24.3 Å². The van der Waals surface area contributed by atoms with Crippen molar-refractivity contribution in [2.75, 3.05) is 13.6 Å². The summed E-state index contributed by atoms with van der Waals surface area (Å²) in [7, 11) is 1.85. The summed E-state index contributed by atoms with van der Waals surface area (Å²) in [4.78, 5) is 52.4. The van der Waals surface area contributed by atoms with Crippen molar-refractivity contribution in [3.63, 3.8) is 0 Å². The van der Waals surface area contributed by atoms with Crippen LogP contribution in [0.3, 0.4) is 0 Å². The second kappa shape index (κ2) is 14.2. The van der Waals surface area contributed by atoms with Gasteiger partial charge in [0.1, 0.15) is 12.1 Å². The van der Waals surface area contributed by atoms with Crippen molar-refractivity contribution in [3.8, 4) is 0 Å². The maximum atomic E-state index is 13.1. The van der Waals surface area contributed by atoms with E-state index in [2.05, 4.69) is 16.0 Å². The maximum absolute atomic E-state index is 13.1. The number of likely N-dealkylation sites (N-methyl/N-ethyl adjacent to an activating group) is 1. The van der Waals surface area contributed by atoms with Gasteiger partial charge in [0.05, 0.1) is 12.5 Å². The molecule has 0 fully saturated rings. The third-order valence-corrected chi connectivity index (χ3v) is 6.59. The highest BCUT2D eigenvalue weighted by atomic mass is 16.4. The van der Waals surface area contributed by atoms with Gasteiger partial charge < -0.3 is 26.0 Å². The fraction of sp³-hybridized carbons (Fsp3) is 0.355. The van der Waals surface area contributed by atoms with Crippen LogP contribution in [0.25, 0.3) is 10.8 Å². The molecule has 0 unspecified atom stereocenters. The van der Waals surface area contributed by atoms with Gasteiger partial charge in [0.2, 0.25) is 11.8 Å². The van der Waals surface area contributed by atoms with Crippen LogP contribution >= 0.6 is 0 Å². The summed E-state index contributed by atoms with van der Waals surface area (Å²) in [6.07, 6.45) is -0.262. The lowest BCUT2D eigenvalue weighted by Crippen LogP contribution is -2.56. The molecule has 0 saturated carbocycles. The Balaban J connectivity index is 1.60. The molecular weight excluding hydrogens is 508 g/mol. The maximum Gasteiger partial charge on any atom is 0.305 e. The number of aliphatic carboxylic acids is 1. The molecule has 0 spiro atoms. The average Bonchev–Trinajstić information content (AvgIpc) is 2.91. The largest absolute Gasteiger partial charge is 0.481 e. The van der Waals surface area contributed by atoms with Crippen LogP contribution in [0, 0.1) is 5.92 Å². The van der Waals surface area contributed by atoms with E-state index in [4.69, 9.17) is 0 Å². The molecule has 3 aromatic carbocycles. The number of nitrogens with zero attached hydrogens (tertiary/aromatic N) is 1. The van der Waals surface area contributed by atoms with Crippen LogP contribution in [-0.2, 0) is 20.9 Å². The molecule has 0 saturated heterocycles. The van der Waals surface area contributed by atoms with Crippen molar-refractivity contribution >= 4 is 34.5 Å². The van der Waals surface area contributed by atoms with Gasteiger partial charge in [-0.05, 0) is 48.4 Å². The molecule has 3 amide bonds. The lowest BCUT2D eigenvalue weighted by atomic mass is 10.0. The first-order chi connectivity index (χ1) is 19.0. The predicted octanol–water partition coefficient (Wildman–Crippen LogP) is 3.19. The summed E-state index contributed by atoms with van der Waals surface area (Å²) in [5, 5.41) is 19.5. The number of carboxylic acid groups (broad SMARTS) is 1. The predicted molar refractivity (Wildman–Crippen MR) is 155 cm³/mol. The van der Waals surface area contributed by atoms with Crippen molar-refractivity contribution in [2.45, 2.75) is 51.9 Å². The zero-order chi connectivity index (χ0) is 29.2. The molecule has 0 bridgehead atoms. The summed E-state index contributed by atoms with van der Waals surface area (Å²) < 4.78 is 0. The van der Waals surface area contributed by atoms with Gasteiger partial charge in [-0.3, -0.25) is 19.2 Å². The van der Waals surface area contributed by atoms with Gasteiger partial charge in [-0.2, -0.15) is 0 Å². The highest BCUT2D eigenvalue weighted by molar-refractivity contribution is 6.01. The van der Waals surface area contributed by atoms with Gasteiger partial charge in [-0.25, -0.2) is 0 Å². The summed E-state index contributed by atoms with van der Waals surface area (Å²) in [5.41, 5.74) is 1.50. The fourth-order valence-electron chi connectivity index (χ4n) is 4.49. The number of rotatable bonds is 13. The molecule has 0 aliphatic rings. The number of nitrogens with one attached hydrogen (secondary N) is 3. The van der Waals surface area contributed by atoms with E-state index >= 15 is 0 Å². The van der Waals surface area contributed by atoms with Crippen molar-refractivity contribution in [3.05, 3.63) is 83.9 Å². The standard InChI is InChI=1S/C31H38N4O5/c1-20(2)28(34-30(39)25-15-14-23-12-8-9-13-24(23)16-25)31(40)32-21(3)29(38)33-26(17-27(36)37)19-35(4)18-22-10-6-5-7-11-22/h5-16,20-21,26,28H,17-19H2,1-4H3,(H,32,40)(H,33,38)(H,34,39)(H,36,37)/t21-,26-,28-/m0/s1. The van der Waals surface area contributed by atoms with Crippen molar-refractivity contribution in [2.24, 2.45) is 5.92 Å². The number of carbonyl (C=O) groups excluding carboxylic acids is 3. The summed E-state index contributed by atoms with van der Waals surface area (Å²) in [5.74, 6) is -2.67. The highest BCUT2D eigenvalue weighted by Crippen LogP contribution is 2.16.